The number of nitrogens with zero attached hydrogens (tertiary/aromatic N) is 1. The second-order valence-electron chi connectivity index (χ2n) is 3.77. The first-order valence-electron chi connectivity index (χ1n) is 6.66. The van der Waals surface area contributed by atoms with Crippen molar-refractivity contribution in [3.63, 3.8) is 0 Å². The summed E-state index contributed by atoms with van der Waals surface area (Å²) in [4.78, 5) is 12.1. The number of nitrogens with one attached hydrogen (secondary N) is 1. The summed E-state index contributed by atoms with van der Waals surface area (Å²) in [6.07, 6.45) is 1.36. The lowest BCUT2D eigenvalue weighted by Crippen LogP contribution is -2.27. The number of carbonyl (C=O) groups excluding carboxylic acids is 1. The molecule has 22 heavy (non-hydrogen) atoms. The molecule has 0 bridgehead atoms. The van der Waals surface area contributed by atoms with Crippen molar-refractivity contribution in [1.29, 1.82) is 0 Å². The van der Waals surface area contributed by atoms with E-state index in [1.165, 1.54) is 6.08 Å². The van der Waals surface area contributed by atoms with Crippen molar-refractivity contribution in [2.24, 2.45) is 0 Å². The van der Waals surface area contributed by atoms with E-state index in [0.717, 1.165) is 0 Å². The number of rotatable bonds is 6. The van der Waals surface area contributed by atoms with Crippen molar-refractivity contribution in [3.8, 4) is 0 Å². The number of allylic oxidation sites excluding steroid dienone is 4. The van der Waals surface area contributed by atoms with Crippen LogP contribution < -0.4 is 5.32 Å². The Morgan fingerprint density at radius 3 is 2.50 bits per heavy atom. The standard InChI is InChI=1S/C13H14Cl2N2O3.C2H6/c1-4-9(15)10(7(2)14)12-11(8(3)20-17-12)13(19)16-5-6-18;1-2/h4,18H,1-2,5-6H2,3H3,(H,16,19);1-2H3/b10-9-;. The number of aryl methyl sites for hydroxylation is 1. The summed E-state index contributed by atoms with van der Waals surface area (Å²) in [5.41, 5.74) is 0.646. The molecule has 0 saturated carbocycles. The SMILES string of the molecule is C=C/C(Cl)=C(\C(=C)Cl)c1noc(C)c1C(=O)NCCO.CC. The van der Waals surface area contributed by atoms with Crippen LogP contribution in [0.5, 0.6) is 0 Å². The van der Waals surface area contributed by atoms with Gasteiger partial charge < -0.3 is 14.9 Å². The molecule has 0 aliphatic rings. The van der Waals surface area contributed by atoms with Crippen LogP contribution >= 0.6 is 23.2 Å². The monoisotopic (exact) mass is 346 g/mol. The minimum atomic E-state index is -0.447. The summed E-state index contributed by atoms with van der Waals surface area (Å²) < 4.78 is 5.02. The van der Waals surface area contributed by atoms with Crippen molar-refractivity contribution in [1.82, 2.24) is 10.5 Å². The van der Waals surface area contributed by atoms with Crippen LogP contribution in [0.3, 0.4) is 0 Å². The maximum atomic E-state index is 12.1. The summed E-state index contributed by atoms with van der Waals surface area (Å²) in [5.74, 6) is -0.142. The highest BCUT2D eigenvalue weighted by Crippen LogP contribution is 2.33. The maximum Gasteiger partial charge on any atom is 0.257 e. The predicted molar refractivity (Wildman–Crippen MR) is 90.0 cm³/mol. The van der Waals surface area contributed by atoms with Crippen LogP contribution in [0.4, 0.5) is 0 Å². The molecule has 0 aliphatic heterocycles. The summed E-state index contributed by atoms with van der Waals surface area (Å²) in [5, 5.41) is 15.4. The van der Waals surface area contributed by atoms with E-state index >= 15 is 0 Å². The number of halogens is 2. The number of carbonyl (C=O) groups is 1. The average Bonchev–Trinajstić information content (AvgIpc) is 2.88. The van der Waals surface area contributed by atoms with Gasteiger partial charge in [-0.25, -0.2) is 0 Å². The van der Waals surface area contributed by atoms with E-state index in [4.69, 9.17) is 32.8 Å². The van der Waals surface area contributed by atoms with Crippen LogP contribution in [0.1, 0.15) is 35.7 Å². The van der Waals surface area contributed by atoms with Gasteiger partial charge in [0.05, 0.1) is 11.6 Å². The first-order valence-corrected chi connectivity index (χ1v) is 7.42. The molecule has 0 fully saturated rings. The summed E-state index contributed by atoms with van der Waals surface area (Å²) in [6.45, 7) is 12.7. The third-order valence-corrected chi connectivity index (χ3v) is 2.95. The molecule has 122 valence electrons. The lowest BCUT2D eigenvalue weighted by Gasteiger charge is -2.07. The fourth-order valence-electron chi connectivity index (χ4n) is 1.54. The zero-order valence-corrected chi connectivity index (χ0v) is 14.4. The van der Waals surface area contributed by atoms with Crippen LogP contribution in [-0.2, 0) is 0 Å². The van der Waals surface area contributed by atoms with Crippen molar-refractivity contribution < 1.29 is 14.4 Å². The fourth-order valence-corrected chi connectivity index (χ4v) is 1.98. The zero-order valence-electron chi connectivity index (χ0n) is 12.9. The Bertz CT molecular complexity index is 577. The predicted octanol–water partition coefficient (Wildman–Crippen LogP) is 3.62. The number of aromatic nitrogens is 1. The summed E-state index contributed by atoms with van der Waals surface area (Å²) in [6, 6.07) is 0. The van der Waals surface area contributed by atoms with Gasteiger partial charge in [-0.3, -0.25) is 4.79 Å². The van der Waals surface area contributed by atoms with Gasteiger partial charge in [-0.05, 0) is 13.0 Å². The quantitative estimate of drug-likeness (QED) is 0.771. The molecule has 0 radical (unpaired) electrons. The Morgan fingerprint density at radius 1 is 1.45 bits per heavy atom. The molecule has 1 aromatic rings. The Kier molecular flexibility index (Phi) is 9.49. The van der Waals surface area contributed by atoms with Gasteiger partial charge in [0.2, 0.25) is 0 Å². The van der Waals surface area contributed by atoms with E-state index < -0.39 is 5.91 Å². The lowest BCUT2D eigenvalue weighted by atomic mass is 10.0. The van der Waals surface area contributed by atoms with Gasteiger partial charge in [0.15, 0.2) is 0 Å². The topological polar surface area (TPSA) is 75.4 Å². The fraction of sp³-hybridized carbons (Fsp3) is 0.333. The molecule has 1 heterocycles. The number of aliphatic hydroxyl groups is 1. The van der Waals surface area contributed by atoms with Crippen molar-refractivity contribution in [2.75, 3.05) is 13.2 Å². The molecule has 0 saturated heterocycles. The van der Waals surface area contributed by atoms with Crippen LogP contribution in [0.15, 0.2) is 33.8 Å². The van der Waals surface area contributed by atoms with E-state index in [1.54, 1.807) is 6.92 Å². The Hall–Kier alpha value is -1.56. The van der Waals surface area contributed by atoms with E-state index in [1.807, 2.05) is 13.8 Å². The second kappa shape index (κ2) is 10.2. The largest absolute Gasteiger partial charge is 0.395 e. The van der Waals surface area contributed by atoms with E-state index in [2.05, 4.69) is 23.6 Å². The summed E-state index contributed by atoms with van der Waals surface area (Å²) in [7, 11) is 0. The first kappa shape index (κ1) is 20.4. The molecule has 0 spiro atoms. The molecule has 2 N–H and O–H groups in total. The molecule has 1 rings (SSSR count). The van der Waals surface area contributed by atoms with Crippen molar-refractivity contribution in [2.45, 2.75) is 20.8 Å². The minimum absolute atomic E-state index is 0.110. The van der Waals surface area contributed by atoms with E-state index in [-0.39, 0.29) is 40.0 Å². The molecule has 7 heteroatoms. The molecular formula is C15H20Cl2N2O3. The summed E-state index contributed by atoms with van der Waals surface area (Å²) >= 11 is 11.9. The number of aliphatic hydroxyl groups excluding tert-OH is 1. The van der Waals surface area contributed by atoms with Crippen molar-refractivity contribution >= 4 is 34.7 Å². The Morgan fingerprint density at radius 2 is 2.05 bits per heavy atom. The van der Waals surface area contributed by atoms with E-state index in [0.29, 0.717) is 5.76 Å². The smallest absolute Gasteiger partial charge is 0.257 e. The first-order chi connectivity index (χ1) is 10.4. The van der Waals surface area contributed by atoms with Gasteiger partial charge in [-0.1, -0.05) is 55.4 Å². The third-order valence-electron chi connectivity index (χ3n) is 2.41. The highest BCUT2D eigenvalue weighted by molar-refractivity contribution is 6.42. The van der Waals surface area contributed by atoms with E-state index in [9.17, 15) is 4.79 Å². The maximum absolute atomic E-state index is 12.1. The molecule has 0 aromatic carbocycles. The minimum Gasteiger partial charge on any atom is -0.395 e. The zero-order chi connectivity index (χ0) is 17.3. The van der Waals surface area contributed by atoms with Gasteiger partial charge in [0.25, 0.3) is 5.91 Å². The number of hydrogen-bond donors (Lipinski definition) is 2. The van der Waals surface area contributed by atoms with Gasteiger partial charge >= 0.3 is 0 Å². The lowest BCUT2D eigenvalue weighted by molar-refractivity contribution is 0.0943. The third kappa shape index (κ3) is 5.02. The molecule has 1 amide bonds. The van der Waals surface area contributed by atoms with Gasteiger partial charge in [0, 0.05) is 17.2 Å². The normalized spacial score (nSPS) is 11.0. The number of amides is 1. The molecule has 0 atom stereocenters. The van der Waals surface area contributed by atoms with Crippen LogP contribution in [0.2, 0.25) is 0 Å². The Labute approximate surface area is 140 Å². The van der Waals surface area contributed by atoms with Crippen molar-refractivity contribution in [3.05, 3.63) is 46.3 Å². The average molecular weight is 347 g/mol. The van der Waals surface area contributed by atoms with Gasteiger partial charge in [-0.15, -0.1) is 0 Å². The molecule has 0 unspecified atom stereocenters. The van der Waals surface area contributed by atoms with Crippen LogP contribution in [0, 0.1) is 6.92 Å². The highest BCUT2D eigenvalue weighted by atomic mass is 35.5. The van der Waals surface area contributed by atoms with Crippen LogP contribution in [-0.4, -0.2) is 29.3 Å². The molecular weight excluding hydrogens is 327 g/mol. The second-order valence-corrected chi connectivity index (χ2v) is 4.64. The molecule has 0 aliphatic carbocycles. The number of hydrogen-bond acceptors (Lipinski definition) is 4. The Balaban J connectivity index is 0.00000211. The van der Waals surface area contributed by atoms with Gasteiger partial charge in [0.1, 0.15) is 17.0 Å². The molecule has 5 nitrogen and oxygen atoms in total. The van der Waals surface area contributed by atoms with Crippen LogP contribution in [0.25, 0.3) is 5.57 Å². The van der Waals surface area contributed by atoms with Gasteiger partial charge in [-0.2, -0.15) is 0 Å². The molecule has 1 aromatic heterocycles. The highest BCUT2D eigenvalue weighted by Gasteiger charge is 2.25.